The average Bonchev–Trinajstić information content (AvgIpc) is 2.75. The Morgan fingerprint density at radius 3 is 3.05 bits per heavy atom. The Hall–Kier alpha value is -2.11. The van der Waals surface area contributed by atoms with Crippen LogP contribution >= 0.6 is 0 Å². The molecule has 1 aliphatic rings. The Labute approximate surface area is 117 Å². The molecule has 3 heterocycles. The molecule has 0 unspecified atom stereocenters. The molecule has 0 spiro atoms. The summed E-state index contributed by atoms with van der Waals surface area (Å²) in [5, 5.41) is 0. The van der Waals surface area contributed by atoms with E-state index in [2.05, 4.69) is 14.9 Å². The monoisotopic (exact) mass is 274 g/mol. The van der Waals surface area contributed by atoms with Gasteiger partial charge in [0.15, 0.2) is 5.58 Å². The summed E-state index contributed by atoms with van der Waals surface area (Å²) in [7, 11) is 0. The summed E-state index contributed by atoms with van der Waals surface area (Å²) >= 11 is 0. The van der Waals surface area contributed by atoms with Crippen LogP contribution in [0.3, 0.4) is 0 Å². The van der Waals surface area contributed by atoms with E-state index in [1.165, 1.54) is 0 Å². The van der Waals surface area contributed by atoms with E-state index >= 15 is 0 Å². The average molecular weight is 274 g/mol. The Balaban J connectivity index is 1.76. The first-order valence-corrected chi connectivity index (χ1v) is 7.02. The van der Waals surface area contributed by atoms with Crippen molar-refractivity contribution >= 4 is 23.2 Å². The van der Waals surface area contributed by atoms with Gasteiger partial charge in [0.05, 0.1) is 0 Å². The molecule has 0 bridgehead atoms. The van der Waals surface area contributed by atoms with Crippen LogP contribution in [0, 0.1) is 0 Å². The van der Waals surface area contributed by atoms with E-state index in [0.29, 0.717) is 23.7 Å². The Bertz CT molecular complexity index is 577. The predicted molar refractivity (Wildman–Crippen MR) is 75.5 cm³/mol. The molecule has 0 radical (unpaired) electrons. The molecule has 2 aromatic heterocycles. The minimum Gasteiger partial charge on any atom is -0.422 e. The Morgan fingerprint density at radius 2 is 2.25 bits per heavy atom. The lowest BCUT2D eigenvalue weighted by atomic mass is 10.3. The summed E-state index contributed by atoms with van der Waals surface area (Å²) in [5.74, 6) is 0.214. The van der Waals surface area contributed by atoms with Crippen LogP contribution in [-0.2, 0) is 4.79 Å². The summed E-state index contributed by atoms with van der Waals surface area (Å²) in [6, 6.07) is 4.30. The molecule has 1 saturated heterocycles. The molecule has 0 aromatic carbocycles. The lowest BCUT2D eigenvalue weighted by Crippen LogP contribution is -2.34. The summed E-state index contributed by atoms with van der Waals surface area (Å²) in [5.41, 5.74) is 1.33. The predicted octanol–water partition coefficient (Wildman–Crippen LogP) is 1.67. The van der Waals surface area contributed by atoms with Gasteiger partial charge in [-0.25, -0.2) is 4.98 Å². The third-order valence-electron chi connectivity index (χ3n) is 3.58. The fraction of sp³-hybridized carbons (Fsp3) is 0.500. The summed E-state index contributed by atoms with van der Waals surface area (Å²) in [4.78, 5) is 24.4. The normalized spacial score (nSPS) is 16.4. The zero-order valence-electron chi connectivity index (χ0n) is 11.6. The van der Waals surface area contributed by atoms with Gasteiger partial charge >= 0.3 is 0 Å². The van der Waals surface area contributed by atoms with Gasteiger partial charge in [0.2, 0.25) is 11.6 Å². The minimum absolute atomic E-state index is 0.214. The summed E-state index contributed by atoms with van der Waals surface area (Å²) in [6.07, 6.45) is 3.20. The molecule has 20 heavy (non-hydrogen) atoms. The van der Waals surface area contributed by atoms with E-state index in [1.807, 2.05) is 24.0 Å². The van der Waals surface area contributed by atoms with Gasteiger partial charge in [-0.3, -0.25) is 4.79 Å². The van der Waals surface area contributed by atoms with Crippen LogP contribution in [0.15, 0.2) is 22.7 Å². The van der Waals surface area contributed by atoms with Crippen molar-refractivity contribution in [3.63, 3.8) is 0 Å². The van der Waals surface area contributed by atoms with Crippen molar-refractivity contribution in [2.45, 2.75) is 19.8 Å². The molecule has 6 nitrogen and oxygen atoms in total. The third kappa shape index (κ3) is 2.45. The van der Waals surface area contributed by atoms with Crippen molar-refractivity contribution in [2.24, 2.45) is 0 Å². The maximum atomic E-state index is 11.8. The number of fused-ring (bicyclic) bond motifs is 1. The number of aromatic nitrogens is 2. The highest BCUT2D eigenvalue weighted by molar-refractivity contribution is 5.76. The second-order valence-electron chi connectivity index (χ2n) is 4.90. The second-order valence-corrected chi connectivity index (χ2v) is 4.90. The lowest BCUT2D eigenvalue weighted by molar-refractivity contribution is -0.130. The fourth-order valence-electron chi connectivity index (χ4n) is 2.47. The van der Waals surface area contributed by atoms with Gasteiger partial charge in [-0.05, 0) is 18.6 Å². The van der Waals surface area contributed by atoms with Gasteiger partial charge in [0.25, 0.3) is 6.01 Å². The number of anilines is 1. The number of carbonyl (C=O) groups excluding carboxylic acids is 1. The molecule has 6 heteroatoms. The van der Waals surface area contributed by atoms with Crippen molar-refractivity contribution in [1.82, 2.24) is 14.9 Å². The van der Waals surface area contributed by atoms with Gasteiger partial charge in [-0.2, -0.15) is 4.98 Å². The van der Waals surface area contributed by atoms with Crippen molar-refractivity contribution in [1.29, 1.82) is 0 Å². The molecular formula is C14H18N4O2. The van der Waals surface area contributed by atoms with E-state index in [0.717, 1.165) is 32.6 Å². The molecule has 0 N–H and O–H groups in total. The van der Waals surface area contributed by atoms with E-state index < -0.39 is 0 Å². The summed E-state index contributed by atoms with van der Waals surface area (Å²) in [6.45, 7) is 5.02. The van der Waals surface area contributed by atoms with Crippen molar-refractivity contribution < 1.29 is 9.21 Å². The van der Waals surface area contributed by atoms with Crippen molar-refractivity contribution in [2.75, 3.05) is 31.1 Å². The number of oxazole rings is 1. The van der Waals surface area contributed by atoms with E-state index in [4.69, 9.17) is 4.42 Å². The van der Waals surface area contributed by atoms with E-state index in [9.17, 15) is 4.79 Å². The standard InChI is InChI=1S/C14H18N4O2/c1-2-12(19)17-7-4-8-18(10-9-17)14-16-13-11(20-14)5-3-6-15-13/h3,5-6H,2,4,7-10H2,1H3. The molecule has 1 fully saturated rings. The third-order valence-corrected chi connectivity index (χ3v) is 3.58. The van der Waals surface area contributed by atoms with Crippen molar-refractivity contribution in [3.8, 4) is 0 Å². The maximum absolute atomic E-state index is 11.8. The Morgan fingerprint density at radius 1 is 1.35 bits per heavy atom. The molecule has 2 aromatic rings. The Kier molecular flexibility index (Phi) is 3.54. The first kappa shape index (κ1) is 12.9. The SMILES string of the molecule is CCC(=O)N1CCCN(c2nc3ncccc3o2)CC1. The number of nitrogens with zero attached hydrogens (tertiary/aromatic N) is 4. The number of hydrogen-bond donors (Lipinski definition) is 0. The molecule has 3 rings (SSSR count). The highest BCUT2D eigenvalue weighted by Crippen LogP contribution is 2.21. The van der Waals surface area contributed by atoms with Crippen LogP contribution in [0.1, 0.15) is 19.8 Å². The quantitative estimate of drug-likeness (QED) is 0.833. The minimum atomic E-state index is 0.214. The smallest absolute Gasteiger partial charge is 0.300 e. The van der Waals surface area contributed by atoms with Gasteiger partial charge in [0, 0.05) is 38.8 Å². The molecule has 0 aliphatic carbocycles. The number of carbonyl (C=O) groups is 1. The molecule has 106 valence electrons. The van der Waals surface area contributed by atoms with Crippen LogP contribution < -0.4 is 4.90 Å². The molecule has 1 amide bonds. The van der Waals surface area contributed by atoms with Gasteiger partial charge < -0.3 is 14.2 Å². The zero-order valence-corrected chi connectivity index (χ0v) is 11.6. The van der Waals surface area contributed by atoms with Gasteiger partial charge in [0.1, 0.15) is 0 Å². The van der Waals surface area contributed by atoms with Gasteiger partial charge in [-0.15, -0.1) is 0 Å². The van der Waals surface area contributed by atoms with Crippen LogP contribution in [0.5, 0.6) is 0 Å². The fourth-order valence-corrected chi connectivity index (χ4v) is 2.47. The molecule has 0 atom stereocenters. The molecule has 1 aliphatic heterocycles. The number of pyridine rings is 1. The van der Waals surface area contributed by atoms with Crippen molar-refractivity contribution in [3.05, 3.63) is 18.3 Å². The summed E-state index contributed by atoms with van der Waals surface area (Å²) < 4.78 is 5.73. The largest absolute Gasteiger partial charge is 0.422 e. The zero-order chi connectivity index (χ0) is 13.9. The van der Waals surface area contributed by atoms with Crippen LogP contribution in [0.2, 0.25) is 0 Å². The maximum Gasteiger partial charge on any atom is 0.300 e. The van der Waals surface area contributed by atoms with Gasteiger partial charge in [-0.1, -0.05) is 6.92 Å². The van der Waals surface area contributed by atoms with Crippen LogP contribution in [0.25, 0.3) is 11.2 Å². The first-order chi connectivity index (χ1) is 9.78. The number of hydrogen-bond acceptors (Lipinski definition) is 5. The highest BCUT2D eigenvalue weighted by Gasteiger charge is 2.21. The number of rotatable bonds is 2. The van der Waals surface area contributed by atoms with E-state index in [1.54, 1.807) is 6.20 Å². The molecule has 0 saturated carbocycles. The highest BCUT2D eigenvalue weighted by atomic mass is 16.4. The second kappa shape index (κ2) is 5.48. The topological polar surface area (TPSA) is 62.5 Å². The number of amides is 1. The first-order valence-electron chi connectivity index (χ1n) is 7.02. The lowest BCUT2D eigenvalue weighted by Gasteiger charge is -2.20. The van der Waals surface area contributed by atoms with Crippen LogP contribution in [0.4, 0.5) is 6.01 Å². The van der Waals surface area contributed by atoms with E-state index in [-0.39, 0.29) is 5.91 Å². The van der Waals surface area contributed by atoms with Crippen LogP contribution in [-0.4, -0.2) is 47.0 Å². The molecular weight excluding hydrogens is 256 g/mol.